The Bertz CT molecular complexity index is 1600. The molecule has 1 aliphatic rings. The molecule has 0 unspecified atom stereocenters. The summed E-state index contributed by atoms with van der Waals surface area (Å²) in [6.45, 7) is 16.9. The maximum absolute atomic E-state index is 6.79. The molecule has 5 heterocycles. The van der Waals surface area contributed by atoms with Gasteiger partial charge in [-0.15, -0.1) is 23.5 Å². The molecule has 0 bridgehead atoms. The van der Waals surface area contributed by atoms with Crippen molar-refractivity contribution in [2.75, 3.05) is 74.7 Å². The van der Waals surface area contributed by atoms with E-state index in [9.17, 15) is 0 Å². The zero-order chi connectivity index (χ0) is 35.6. The van der Waals surface area contributed by atoms with Crippen LogP contribution in [0.4, 0.5) is 11.6 Å². The van der Waals surface area contributed by atoms with Crippen LogP contribution < -0.4 is 9.80 Å². The van der Waals surface area contributed by atoms with E-state index >= 15 is 0 Å². The van der Waals surface area contributed by atoms with Crippen molar-refractivity contribution in [3.8, 4) is 0 Å². The summed E-state index contributed by atoms with van der Waals surface area (Å²) in [5.41, 5.74) is 3.68. The van der Waals surface area contributed by atoms with E-state index in [1.165, 1.54) is 9.79 Å². The summed E-state index contributed by atoms with van der Waals surface area (Å²) in [6, 6.07) is 8.21. The number of aryl methyl sites for hydroxylation is 4. The predicted molar refractivity (Wildman–Crippen MR) is 209 cm³/mol. The van der Waals surface area contributed by atoms with Gasteiger partial charge in [0.25, 0.3) is 0 Å². The Hall–Kier alpha value is -2.74. The number of thioether (sulfide) groups is 2. The van der Waals surface area contributed by atoms with Gasteiger partial charge >= 0.3 is 0 Å². The summed E-state index contributed by atoms with van der Waals surface area (Å²) < 4.78 is 0. The van der Waals surface area contributed by atoms with Crippen LogP contribution in [0.15, 0.2) is 46.5 Å². The topological polar surface area (TPSA) is 90.3 Å². The number of hydrogen-bond acceptors (Lipinski definition) is 12. The normalized spacial score (nSPS) is 13.9. The molecule has 1 saturated heterocycles. The quantitative estimate of drug-likeness (QED) is 0.109. The van der Waals surface area contributed by atoms with Gasteiger partial charge in [0.1, 0.15) is 21.7 Å². The van der Waals surface area contributed by atoms with Crippen molar-refractivity contribution in [3.05, 3.63) is 81.1 Å². The summed E-state index contributed by atoms with van der Waals surface area (Å²) >= 11 is 17.0. The van der Waals surface area contributed by atoms with Gasteiger partial charge < -0.3 is 19.6 Å². The standard InChI is InChI=1S/C36H48Cl2N10S2/c1-25-33(37)35(43-27(3)41-25)47(23-29-31(49-5)11-7-13-39-29)17-9-15-45-19-21-46(22-20-45)16-10-18-48(24-30-32(50-6)12-8-14-40-30)36-34(38)26(2)42-28(4)44-36/h7-8,11-14H,9-10,15-24H2,1-6H3. The van der Waals surface area contributed by atoms with Crippen molar-refractivity contribution in [2.45, 2.75) is 63.4 Å². The van der Waals surface area contributed by atoms with Gasteiger partial charge in [-0.05, 0) is 90.4 Å². The van der Waals surface area contributed by atoms with Crippen LogP contribution in [0, 0.1) is 27.7 Å². The lowest BCUT2D eigenvalue weighted by Crippen LogP contribution is -2.47. The van der Waals surface area contributed by atoms with Crippen LogP contribution >= 0.6 is 46.7 Å². The molecule has 10 nitrogen and oxygen atoms in total. The van der Waals surface area contributed by atoms with Crippen molar-refractivity contribution in [1.82, 2.24) is 39.7 Å². The highest BCUT2D eigenvalue weighted by Crippen LogP contribution is 2.30. The average Bonchev–Trinajstić information content (AvgIpc) is 3.11. The van der Waals surface area contributed by atoms with E-state index < -0.39 is 0 Å². The average molecular weight is 756 g/mol. The molecular formula is C36H48Cl2N10S2. The molecule has 0 spiro atoms. The number of nitrogens with zero attached hydrogens (tertiary/aromatic N) is 10. The monoisotopic (exact) mass is 754 g/mol. The first kappa shape index (κ1) is 38.5. The van der Waals surface area contributed by atoms with E-state index in [2.05, 4.69) is 54.2 Å². The molecule has 268 valence electrons. The molecule has 50 heavy (non-hydrogen) atoms. The van der Waals surface area contributed by atoms with Gasteiger partial charge in [-0.1, -0.05) is 23.2 Å². The van der Waals surface area contributed by atoms with Gasteiger partial charge in [0, 0.05) is 61.5 Å². The Balaban J connectivity index is 1.15. The van der Waals surface area contributed by atoms with E-state index in [1.807, 2.05) is 52.2 Å². The lowest BCUT2D eigenvalue weighted by Gasteiger charge is -2.35. The second-order valence-corrected chi connectivity index (χ2v) is 15.0. The Labute approximate surface area is 315 Å². The zero-order valence-corrected chi connectivity index (χ0v) is 33.1. The Morgan fingerprint density at radius 3 is 1.42 bits per heavy atom. The molecule has 1 aliphatic heterocycles. The minimum Gasteiger partial charge on any atom is -0.349 e. The number of hydrogen-bond donors (Lipinski definition) is 0. The van der Waals surface area contributed by atoms with Crippen LogP contribution in [0.3, 0.4) is 0 Å². The molecule has 0 atom stereocenters. The van der Waals surface area contributed by atoms with Gasteiger partial charge in [0.15, 0.2) is 11.6 Å². The number of halogens is 2. The molecule has 0 N–H and O–H groups in total. The Morgan fingerprint density at radius 2 is 1.04 bits per heavy atom. The highest BCUT2D eigenvalue weighted by atomic mass is 35.5. The van der Waals surface area contributed by atoms with Crippen LogP contribution in [-0.4, -0.2) is 105 Å². The SMILES string of the molecule is CSc1cccnc1CN(CCCN1CCN(CCCN(Cc2ncccc2SC)c2nc(C)nc(C)c2Cl)CC1)c1nc(C)nc(C)c1Cl. The lowest BCUT2D eigenvalue weighted by atomic mass is 10.2. The second-order valence-electron chi connectivity index (χ2n) is 12.5. The highest BCUT2D eigenvalue weighted by Gasteiger charge is 2.22. The molecule has 0 aromatic carbocycles. The van der Waals surface area contributed by atoms with E-state index in [0.29, 0.717) is 23.1 Å². The smallest absolute Gasteiger partial charge is 0.151 e. The number of rotatable bonds is 16. The highest BCUT2D eigenvalue weighted by molar-refractivity contribution is 7.98. The molecule has 0 saturated carbocycles. The third-order valence-corrected chi connectivity index (χ3v) is 11.4. The van der Waals surface area contributed by atoms with Gasteiger partial charge in [-0.25, -0.2) is 19.9 Å². The maximum Gasteiger partial charge on any atom is 0.151 e. The molecule has 5 rings (SSSR count). The summed E-state index contributed by atoms with van der Waals surface area (Å²) in [4.78, 5) is 39.9. The largest absolute Gasteiger partial charge is 0.349 e. The molecule has 0 aliphatic carbocycles. The Kier molecular flexibility index (Phi) is 14.4. The van der Waals surface area contributed by atoms with E-state index in [-0.39, 0.29) is 0 Å². The molecule has 0 amide bonds. The fraction of sp³-hybridized carbons (Fsp3) is 0.500. The maximum atomic E-state index is 6.79. The summed E-state index contributed by atoms with van der Waals surface area (Å²) in [7, 11) is 0. The van der Waals surface area contributed by atoms with Crippen LogP contribution in [0.5, 0.6) is 0 Å². The fourth-order valence-electron chi connectivity index (χ4n) is 6.32. The molecule has 4 aromatic heterocycles. The third-order valence-electron chi connectivity index (χ3n) is 8.91. The Morgan fingerprint density at radius 1 is 0.640 bits per heavy atom. The van der Waals surface area contributed by atoms with Gasteiger partial charge in [-0.3, -0.25) is 9.97 Å². The minimum absolute atomic E-state index is 0.612. The summed E-state index contributed by atoms with van der Waals surface area (Å²) in [5.74, 6) is 3.03. The number of pyridine rings is 2. The first-order chi connectivity index (χ1) is 24.2. The molecule has 4 aromatic rings. The number of piperazine rings is 1. The van der Waals surface area contributed by atoms with Gasteiger partial charge in [0.2, 0.25) is 0 Å². The first-order valence-electron chi connectivity index (χ1n) is 17.1. The van der Waals surface area contributed by atoms with Crippen molar-refractivity contribution in [3.63, 3.8) is 0 Å². The zero-order valence-electron chi connectivity index (χ0n) is 30.0. The van der Waals surface area contributed by atoms with E-state index in [1.54, 1.807) is 23.5 Å². The number of aromatic nitrogens is 6. The van der Waals surface area contributed by atoms with Crippen LogP contribution in [-0.2, 0) is 13.1 Å². The van der Waals surface area contributed by atoms with E-state index in [0.717, 1.165) is 111 Å². The molecular weight excluding hydrogens is 708 g/mol. The van der Waals surface area contributed by atoms with Crippen molar-refractivity contribution in [1.29, 1.82) is 0 Å². The fourth-order valence-corrected chi connectivity index (χ4v) is 7.87. The van der Waals surface area contributed by atoms with Crippen LogP contribution in [0.1, 0.15) is 47.3 Å². The van der Waals surface area contributed by atoms with E-state index in [4.69, 9.17) is 43.1 Å². The summed E-state index contributed by atoms with van der Waals surface area (Å²) in [6.07, 6.45) is 9.89. The molecule has 14 heteroatoms. The van der Waals surface area contributed by atoms with Crippen molar-refractivity contribution in [2.24, 2.45) is 0 Å². The van der Waals surface area contributed by atoms with Gasteiger partial charge in [-0.2, -0.15) is 0 Å². The van der Waals surface area contributed by atoms with Crippen molar-refractivity contribution < 1.29 is 0 Å². The molecule has 0 radical (unpaired) electrons. The minimum atomic E-state index is 0.612. The van der Waals surface area contributed by atoms with Crippen LogP contribution in [0.25, 0.3) is 0 Å². The first-order valence-corrected chi connectivity index (χ1v) is 20.3. The predicted octanol–water partition coefficient (Wildman–Crippen LogP) is 7.15. The summed E-state index contributed by atoms with van der Waals surface area (Å²) in [5, 5.41) is 1.22. The molecule has 1 fully saturated rings. The third kappa shape index (κ3) is 10.2. The van der Waals surface area contributed by atoms with Crippen LogP contribution in [0.2, 0.25) is 10.0 Å². The number of anilines is 2. The van der Waals surface area contributed by atoms with Gasteiger partial charge in [0.05, 0.1) is 35.9 Å². The second kappa shape index (κ2) is 18.7. The lowest BCUT2D eigenvalue weighted by molar-refractivity contribution is 0.131. The van der Waals surface area contributed by atoms with Crippen molar-refractivity contribution >= 4 is 58.4 Å².